The Morgan fingerprint density at radius 1 is 1.18 bits per heavy atom. The number of thiazole rings is 1. The summed E-state index contributed by atoms with van der Waals surface area (Å²) >= 11 is 4.65. The lowest BCUT2D eigenvalue weighted by Gasteiger charge is -2.34. The summed E-state index contributed by atoms with van der Waals surface area (Å²) in [6, 6.07) is 13.7. The van der Waals surface area contributed by atoms with E-state index >= 15 is 0 Å². The normalized spacial score (nSPS) is 18.4. The van der Waals surface area contributed by atoms with Crippen LogP contribution in [0.3, 0.4) is 0 Å². The van der Waals surface area contributed by atoms with E-state index in [0.717, 1.165) is 20.6 Å². The minimum atomic E-state index is -3.72. The fourth-order valence-corrected chi connectivity index (χ4v) is 7.79. The number of aromatic nitrogens is 1. The molecule has 0 N–H and O–H groups in total. The highest BCUT2D eigenvalue weighted by molar-refractivity contribution is 9.10. The van der Waals surface area contributed by atoms with Crippen LogP contribution in [0.15, 0.2) is 73.5 Å². The number of carbonyl (C=O) groups is 1. The van der Waals surface area contributed by atoms with Gasteiger partial charge >= 0.3 is 5.88 Å². The van der Waals surface area contributed by atoms with Gasteiger partial charge < -0.3 is 4.42 Å². The Kier molecular flexibility index (Phi) is 7.86. The van der Waals surface area contributed by atoms with E-state index in [0.29, 0.717) is 18.6 Å². The lowest BCUT2D eigenvalue weighted by atomic mass is 9.94. The van der Waals surface area contributed by atoms with Gasteiger partial charge in [0.05, 0.1) is 27.4 Å². The number of hydrogen-bond acceptors (Lipinski definition) is 9. The first-order valence-electron chi connectivity index (χ1n) is 12.3. The summed E-state index contributed by atoms with van der Waals surface area (Å²) in [6.45, 7) is 4.98. The van der Waals surface area contributed by atoms with Crippen LogP contribution < -0.4 is 5.01 Å². The Bertz CT molecular complexity index is 1710. The van der Waals surface area contributed by atoms with E-state index in [1.54, 1.807) is 6.07 Å². The molecule has 208 valence electrons. The van der Waals surface area contributed by atoms with Gasteiger partial charge in [0.15, 0.2) is 5.76 Å². The van der Waals surface area contributed by atoms with E-state index in [4.69, 9.17) is 4.42 Å². The molecule has 2 aromatic carbocycles. The van der Waals surface area contributed by atoms with E-state index in [1.807, 2.05) is 26.0 Å². The van der Waals surface area contributed by atoms with Crippen LogP contribution in [-0.2, 0) is 10.0 Å². The third-order valence-corrected chi connectivity index (χ3v) is 9.71. The number of hydrogen-bond donors (Lipinski definition) is 0. The molecule has 40 heavy (non-hydrogen) atoms. The molecule has 2 aromatic heterocycles. The van der Waals surface area contributed by atoms with Crippen LogP contribution in [0.4, 0.5) is 11.0 Å². The molecule has 2 unspecified atom stereocenters. The summed E-state index contributed by atoms with van der Waals surface area (Å²) in [5, 5.41) is 16.5. The molecule has 1 aliphatic rings. The van der Waals surface area contributed by atoms with Crippen molar-refractivity contribution in [1.29, 1.82) is 0 Å². The van der Waals surface area contributed by atoms with Crippen LogP contribution in [0.1, 0.15) is 36.4 Å². The maximum absolute atomic E-state index is 13.6. The molecular formula is C26H24BrN5O6S2. The zero-order valence-electron chi connectivity index (χ0n) is 21.4. The fourth-order valence-electron chi connectivity index (χ4n) is 4.63. The molecule has 1 aliphatic heterocycles. The molecule has 0 spiro atoms. The van der Waals surface area contributed by atoms with Crippen molar-refractivity contribution < 1.29 is 22.6 Å². The molecule has 0 saturated carbocycles. The lowest BCUT2D eigenvalue weighted by molar-refractivity contribution is -0.402. The number of nitro groups is 1. The second-order valence-corrected chi connectivity index (χ2v) is 13.6. The topological polar surface area (TPSA) is 139 Å². The van der Waals surface area contributed by atoms with Crippen LogP contribution in [0.5, 0.6) is 0 Å². The first-order chi connectivity index (χ1) is 19.0. The molecule has 3 heterocycles. The number of carbonyl (C=O) groups excluding carboxylic acids is 1. The molecule has 5 rings (SSSR count). The summed E-state index contributed by atoms with van der Waals surface area (Å²) in [7, 11) is -3.72. The van der Waals surface area contributed by atoms with Crippen molar-refractivity contribution in [3.63, 3.8) is 0 Å². The zero-order valence-corrected chi connectivity index (χ0v) is 24.6. The van der Waals surface area contributed by atoms with E-state index < -0.39 is 26.7 Å². The SMILES string of the molecule is CC1CC(C)CN(S(=O)(=O)c2ccc(C(=O)N(/N=C/c3ccc([N+](=O)[O-])o3)c3nc4ccc(Br)cc4s3)cc2)C1. The van der Waals surface area contributed by atoms with Gasteiger partial charge in [-0.3, -0.25) is 14.9 Å². The molecule has 0 radical (unpaired) electrons. The number of sulfonamides is 1. The van der Waals surface area contributed by atoms with Crippen molar-refractivity contribution in [3.05, 3.63) is 80.5 Å². The molecule has 1 saturated heterocycles. The van der Waals surface area contributed by atoms with Crippen molar-refractivity contribution in [2.75, 3.05) is 18.1 Å². The van der Waals surface area contributed by atoms with Gasteiger partial charge in [-0.1, -0.05) is 41.1 Å². The first kappa shape index (κ1) is 28.1. The number of benzene rings is 2. The van der Waals surface area contributed by atoms with Gasteiger partial charge in [0, 0.05) is 23.1 Å². The summed E-state index contributed by atoms with van der Waals surface area (Å²) in [6.07, 6.45) is 2.16. The smallest absolute Gasteiger partial charge is 0.400 e. The van der Waals surface area contributed by atoms with Crippen LogP contribution in [-0.4, -0.2) is 47.8 Å². The Hall–Kier alpha value is -3.46. The average molecular weight is 647 g/mol. The fraction of sp³-hybridized carbons (Fsp3) is 0.269. The highest BCUT2D eigenvalue weighted by Crippen LogP contribution is 2.32. The highest BCUT2D eigenvalue weighted by Gasteiger charge is 2.32. The molecule has 11 nitrogen and oxygen atoms in total. The predicted molar refractivity (Wildman–Crippen MR) is 155 cm³/mol. The van der Waals surface area contributed by atoms with Crippen LogP contribution in [0.25, 0.3) is 10.2 Å². The molecule has 0 bridgehead atoms. The van der Waals surface area contributed by atoms with E-state index in [9.17, 15) is 23.3 Å². The van der Waals surface area contributed by atoms with Gasteiger partial charge in [0.1, 0.15) is 4.92 Å². The molecule has 4 aromatic rings. The minimum absolute atomic E-state index is 0.0692. The summed E-state index contributed by atoms with van der Waals surface area (Å²) in [5.74, 6) is -0.440. The molecule has 1 fully saturated rings. The standard InChI is InChI=1S/C26H24BrN5O6S2/c1-16-11-17(2)15-30(14-16)40(36,37)21-7-3-18(4-8-21)25(33)31(28-13-20-6-10-24(38-20)32(34)35)26-29-22-9-5-19(27)12-23(22)39-26/h3-10,12-13,16-17H,11,14-15H2,1-2H3/b28-13+. The highest BCUT2D eigenvalue weighted by atomic mass is 79.9. The van der Waals surface area contributed by atoms with E-state index in [-0.39, 0.29) is 33.2 Å². The van der Waals surface area contributed by atoms with Crippen LogP contribution in [0, 0.1) is 22.0 Å². The summed E-state index contributed by atoms with van der Waals surface area (Å²) in [5.41, 5.74) is 0.832. The average Bonchev–Trinajstić information content (AvgIpc) is 3.55. The third kappa shape index (κ3) is 5.84. The molecular weight excluding hydrogens is 622 g/mol. The van der Waals surface area contributed by atoms with Crippen LogP contribution >= 0.6 is 27.3 Å². The zero-order chi connectivity index (χ0) is 28.6. The first-order valence-corrected chi connectivity index (χ1v) is 15.3. The van der Waals surface area contributed by atoms with Crippen LogP contribution in [0.2, 0.25) is 0 Å². The Balaban J connectivity index is 1.46. The van der Waals surface area contributed by atoms with Crippen molar-refractivity contribution in [1.82, 2.24) is 9.29 Å². The Morgan fingerprint density at radius 3 is 2.52 bits per heavy atom. The predicted octanol–water partition coefficient (Wildman–Crippen LogP) is 5.91. The number of anilines is 1. The van der Waals surface area contributed by atoms with Gasteiger partial charge in [0.25, 0.3) is 5.91 Å². The second-order valence-electron chi connectivity index (χ2n) is 9.70. The number of furan rings is 1. The minimum Gasteiger partial charge on any atom is -0.400 e. The number of nitrogens with zero attached hydrogens (tertiary/aromatic N) is 5. The number of fused-ring (bicyclic) bond motifs is 1. The van der Waals surface area contributed by atoms with E-state index in [2.05, 4.69) is 26.0 Å². The van der Waals surface area contributed by atoms with Gasteiger partial charge in [-0.05, 0) is 66.8 Å². The lowest BCUT2D eigenvalue weighted by Crippen LogP contribution is -2.42. The van der Waals surface area contributed by atoms with Crippen molar-refractivity contribution in [2.24, 2.45) is 16.9 Å². The number of amides is 1. The molecule has 2 atom stereocenters. The van der Waals surface area contributed by atoms with Gasteiger partial charge in [0.2, 0.25) is 15.2 Å². The largest absolute Gasteiger partial charge is 0.433 e. The molecule has 14 heteroatoms. The number of halogens is 1. The second kappa shape index (κ2) is 11.2. The maximum atomic E-state index is 13.6. The van der Waals surface area contributed by atoms with Gasteiger partial charge in [-0.15, -0.1) is 0 Å². The van der Waals surface area contributed by atoms with E-state index in [1.165, 1.54) is 58.3 Å². The number of rotatable bonds is 7. The molecule has 1 amide bonds. The number of hydrazone groups is 1. The summed E-state index contributed by atoms with van der Waals surface area (Å²) < 4.78 is 34.9. The van der Waals surface area contributed by atoms with Gasteiger partial charge in [-0.25, -0.2) is 13.4 Å². The Morgan fingerprint density at radius 2 is 1.88 bits per heavy atom. The summed E-state index contributed by atoms with van der Waals surface area (Å²) in [4.78, 5) is 28.6. The van der Waals surface area contributed by atoms with Crippen molar-refractivity contribution >= 4 is 70.6 Å². The van der Waals surface area contributed by atoms with Gasteiger partial charge in [-0.2, -0.15) is 14.4 Å². The van der Waals surface area contributed by atoms with Crippen molar-refractivity contribution in [2.45, 2.75) is 25.2 Å². The Labute approximate surface area is 242 Å². The third-order valence-electron chi connectivity index (χ3n) is 6.38. The maximum Gasteiger partial charge on any atom is 0.433 e. The van der Waals surface area contributed by atoms with Crippen molar-refractivity contribution in [3.8, 4) is 0 Å². The number of piperidine rings is 1. The monoisotopic (exact) mass is 645 g/mol. The molecule has 0 aliphatic carbocycles. The quantitative estimate of drug-likeness (QED) is 0.138.